The molecule has 4 aromatic rings. The van der Waals surface area contributed by atoms with Crippen molar-refractivity contribution in [3.8, 4) is 0 Å². The Kier molecular flexibility index (Phi) is 6.37. The van der Waals surface area contributed by atoms with E-state index < -0.39 is 0 Å². The number of benzene rings is 3. The highest BCUT2D eigenvalue weighted by Crippen LogP contribution is 2.36. The summed E-state index contributed by atoms with van der Waals surface area (Å²) >= 11 is 0. The maximum atomic E-state index is 13.6. The molecule has 6 rings (SSSR count). The van der Waals surface area contributed by atoms with E-state index in [1.165, 1.54) is 16.8 Å². The molecule has 0 N–H and O–H groups in total. The number of hydrogen-bond donors (Lipinski definition) is 0. The summed E-state index contributed by atoms with van der Waals surface area (Å²) < 4.78 is 1.81. The molecule has 3 heterocycles. The van der Waals surface area contributed by atoms with Crippen molar-refractivity contribution in [3.05, 3.63) is 107 Å². The first kappa shape index (κ1) is 23.9. The zero-order valence-corrected chi connectivity index (χ0v) is 21.7. The number of nitrogens with zero attached hydrogens (tertiary/aromatic N) is 7. The lowest BCUT2D eigenvalue weighted by atomic mass is 9.99. The van der Waals surface area contributed by atoms with Crippen molar-refractivity contribution in [2.45, 2.75) is 19.9 Å². The number of rotatable bonds is 5. The Balaban J connectivity index is 1.28. The van der Waals surface area contributed by atoms with E-state index in [1.54, 1.807) is 0 Å². The van der Waals surface area contributed by atoms with Gasteiger partial charge in [0.1, 0.15) is 12.6 Å². The topological polar surface area (TPSA) is 70.4 Å². The summed E-state index contributed by atoms with van der Waals surface area (Å²) in [5.74, 6) is 0.643. The summed E-state index contributed by atoms with van der Waals surface area (Å²) in [5.41, 5.74) is 6.64. The van der Waals surface area contributed by atoms with Crippen LogP contribution in [0.2, 0.25) is 0 Å². The Bertz CT molecular complexity index is 1440. The number of para-hydroxylation sites is 1. The summed E-state index contributed by atoms with van der Waals surface area (Å²) in [4.78, 5) is 19.9. The molecule has 8 heteroatoms. The number of allylic oxidation sites excluding steroid dienone is 1. The number of fused-ring (bicyclic) bond motifs is 1. The van der Waals surface area contributed by atoms with Crippen molar-refractivity contribution in [3.63, 3.8) is 0 Å². The monoisotopic (exact) mass is 505 g/mol. The molecule has 38 heavy (non-hydrogen) atoms. The van der Waals surface area contributed by atoms with Crippen LogP contribution in [0, 0.1) is 13.8 Å². The highest BCUT2D eigenvalue weighted by molar-refractivity contribution is 5.89. The van der Waals surface area contributed by atoms with Gasteiger partial charge < -0.3 is 9.80 Å². The Morgan fingerprint density at radius 3 is 2.18 bits per heavy atom. The normalized spacial score (nSPS) is 17.3. The molecule has 1 aromatic heterocycles. The van der Waals surface area contributed by atoms with E-state index in [4.69, 9.17) is 0 Å². The zero-order chi connectivity index (χ0) is 26.1. The zero-order valence-electron chi connectivity index (χ0n) is 21.7. The summed E-state index contributed by atoms with van der Waals surface area (Å²) in [5, 5.41) is 12.7. The predicted molar refractivity (Wildman–Crippen MR) is 149 cm³/mol. The van der Waals surface area contributed by atoms with Gasteiger partial charge in [-0.3, -0.25) is 9.69 Å². The smallest absolute Gasteiger partial charge is 0.251 e. The standard InChI is InChI=1S/C30H31N7O/c1-22-8-12-24(13-9-22)27-20-28(25-14-10-23(2)11-15-25)37-30(31-32-33-37)36(27)21-29(38)35-18-16-34(17-19-35)26-6-4-3-5-7-26/h3-15,20,28H,16-19,21H2,1-2H3/t28-/m0/s1. The molecule has 0 spiro atoms. The number of tetrazole rings is 1. The molecule has 0 aliphatic carbocycles. The van der Waals surface area contributed by atoms with E-state index in [-0.39, 0.29) is 18.5 Å². The predicted octanol–water partition coefficient (Wildman–Crippen LogP) is 4.09. The quantitative estimate of drug-likeness (QED) is 0.407. The summed E-state index contributed by atoms with van der Waals surface area (Å²) in [6.07, 6.45) is 2.17. The lowest BCUT2D eigenvalue weighted by Crippen LogP contribution is -2.51. The van der Waals surface area contributed by atoms with Gasteiger partial charge >= 0.3 is 0 Å². The second kappa shape index (κ2) is 10.1. The molecule has 1 fully saturated rings. The minimum atomic E-state index is -0.169. The number of piperazine rings is 1. The molecule has 1 amide bonds. The van der Waals surface area contributed by atoms with Gasteiger partial charge in [0.2, 0.25) is 5.91 Å². The van der Waals surface area contributed by atoms with Crippen LogP contribution in [0.5, 0.6) is 0 Å². The van der Waals surface area contributed by atoms with Crippen LogP contribution in [-0.2, 0) is 4.79 Å². The van der Waals surface area contributed by atoms with Crippen LogP contribution < -0.4 is 9.80 Å². The molecule has 0 bridgehead atoms. The van der Waals surface area contributed by atoms with Crippen LogP contribution >= 0.6 is 0 Å². The molecule has 2 aliphatic heterocycles. The minimum Gasteiger partial charge on any atom is -0.368 e. The van der Waals surface area contributed by atoms with Crippen LogP contribution in [0.25, 0.3) is 5.70 Å². The first-order valence-electron chi connectivity index (χ1n) is 13.1. The van der Waals surface area contributed by atoms with Gasteiger partial charge in [-0.05, 0) is 53.6 Å². The first-order chi connectivity index (χ1) is 18.6. The van der Waals surface area contributed by atoms with Gasteiger partial charge in [0.25, 0.3) is 5.95 Å². The van der Waals surface area contributed by atoms with Gasteiger partial charge in [-0.2, -0.15) is 4.68 Å². The molecule has 0 radical (unpaired) electrons. The average Bonchev–Trinajstić information content (AvgIpc) is 3.45. The van der Waals surface area contributed by atoms with Crippen LogP contribution in [0.4, 0.5) is 11.6 Å². The van der Waals surface area contributed by atoms with E-state index in [9.17, 15) is 4.79 Å². The van der Waals surface area contributed by atoms with E-state index >= 15 is 0 Å². The third-order valence-corrected chi connectivity index (χ3v) is 7.40. The second-order valence-corrected chi connectivity index (χ2v) is 9.99. The van der Waals surface area contributed by atoms with E-state index in [2.05, 4.69) is 113 Å². The summed E-state index contributed by atoms with van der Waals surface area (Å²) in [6, 6.07) is 27.0. The highest BCUT2D eigenvalue weighted by atomic mass is 16.2. The first-order valence-corrected chi connectivity index (χ1v) is 13.1. The van der Waals surface area contributed by atoms with Crippen LogP contribution in [0.15, 0.2) is 84.9 Å². The second-order valence-electron chi connectivity index (χ2n) is 9.99. The third-order valence-electron chi connectivity index (χ3n) is 7.40. The summed E-state index contributed by atoms with van der Waals surface area (Å²) in [7, 11) is 0. The number of anilines is 2. The van der Waals surface area contributed by atoms with Crippen LogP contribution in [-0.4, -0.2) is 63.7 Å². The number of aromatic nitrogens is 4. The van der Waals surface area contributed by atoms with Crippen LogP contribution in [0.3, 0.4) is 0 Å². The van der Waals surface area contributed by atoms with Gasteiger partial charge in [-0.1, -0.05) is 83.0 Å². The Hall–Kier alpha value is -4.46. The number of hydrogen-bond acceptors (Lipinski definition) is 6. The average molecular weight is 506 g/mol. The molecule has 0 saturated carbocycles. The van der Waals surface area contributed by atoms with E-state index in [1.807, 2.05) is 20.5 Å². The minimum absolute atomic E-state index is 0.0686. The molecule has 8 nitrogen and oxygen atoms in total. The van der Waals surface area contributed by atoms with E-state index in [0.29, 0.717) is 19.0 Å². The fourth-order valence-corrected chi connectivity index (χ4v) is 5.19. The maximum absolute atomic E-state index is 13.6. The van der Waals surface area contributed by atoms with Gasteiger partial charge in [-0.25, -0.2) is 0 Å². The molecular weight excluding hydrogens is 474 g/mol. The highest BCUT2D eigenvalue weighted by Gasteiger charge is 2.33. The number of carbonyl (C=O) groups is 1. The third kappa shape index (κ3) is 4.65. The fourth-order valence-electron chi connectivity index (χ4n) is 5.19. The van der Waals surface area contributed by atoms with Crippen LogP contribution in [0.1, 0.15) is 28.3 Å². The maximum Gasteiger partial charge on any atom is 0.251 e. The summed E-state index contributed by atoms with van der Waals surface area (Å²) in [6.45, 7) is 7.31. The molecule has 3 aromatic carbocycles. The van der Waals surface area contributed by atoms with Gasteiger partial charge in [0, 0.05) is 31.9 Å². The number of aryl methyl sites for hydroxylation is 2. The SMILES string of the molecule is Cc1ccc(C2=C[C@@H](c3ccc(C)cc3)n3nnnc3N2CC(=O)N2CCN(c3ccccc3)CC2)cc1. The molecule has 1 atom stereocenters. The van der Waals surface area contributed by atoms with Gasteiger partial charge in [-0.15, -0.1) is 0 Å². The molecule has 0 unspecified atom stereocenters. The molecule has 2 aliphatic rings. The van der Waals surface area contributed by atoms with Crippen molar-refractivity contribution in [1.29, 1.82) is 0 Å². The van der Waals surface area contributed by atoms with Gasteiger partial charge in [0.15, 0.2) is 0 Å². The van der Waals surface area contributed by atoms with Crippen molar-refractivity contribution in [1.82, 2.24) is 25.1 Å². The molecule has 1 saturated heterocycles. The van der Waals surface area contributed by atoms with Crippen molar-refractivity contribution in [2.75, 3.05) is 42.5 Å². The Labute approximate surface area is 222 Å². The lowest BCUT2D eigenvalue weighted by Gasteiger charge is -2.38. The van der Waals surface area contributed by atoms with E-state index in [0.717, 1.165) is 29.9 Å². The number of carbonyl (C=O) groups excluding carboxylic acids is 1. The van der Waals surface area contributed by atoms with Crippen molar-refractivity contribution >= 4 is 23.2 Å². The number of amides is 1. The Morgan fingerprint density at radius 2 is 1.50 bits per heavy atom. The molecular formula is C30H31N7O. The molecule has 192 valence electrons. The largest absolute Gasteiger partial charge is 0.368 e. The Morgan fingerprint density at radius 1 is 0.842 bits per heavy atom. The van der Waals surface area contributed by atoms with Gasteiger partial charge in [0.05, 0.1) is 5.70 Å². The van der Waals surface area contributed by atoms with Crippen molar-refractivity contribution < 1.29 is 4.79 Å². The fraction of sp³-hybridized carbons (Fsp3) is 0.267. The lowest BCUT2D eigenvalue weighted by molar-refractivity contribution is -0.129. The van der Waals surface area contributed by atoms with Crippen molar-refractivity contribution in [2.24, 2.45) is 0 Å².